The number of aliphatic hydroxyl groups is 1. The predicted molar refractivity (Wildman–Crippen MR) is 84.2 cm³/mol. The molecule has 23 heavy (non-hydrogen) atoms. The number of ether oxygens (including phenoxy) is 1. The van der Waals surface area contributed by atoms with Crippen molar-refractivity contribution in [2.45, 2.75) is 19.3 Å². The van der Waals surface area contributed by atoms with Gasteiger partial charge in [0.1, 0.15) is 5.75 Å². The quantitative estimate of drug-likeness (QED) is 0.854. The Morgan fingerprint density at radius 2 is 2.13 bits per heavy atom. The summed E-state index contributed by atoms with van der Waals surface area (Å²) in [6.07, 6.45) is 2.99. The predicted octanol–water partition coefficient (Wildman–Crippen LogP) is 2.24. The second kappa shape index (κ2) is 6.42. The summed E-state index contributed by atoms with van der Waals surface area (Å²) in [4.78, 5) is 12.2. The molecule has 3 rings (SSSR count). The number of hydrogen-bond donors (Lipinski definition) is 2. The molecule has 0 aliphatic heterocycles. The van der Waals surface area contributed by atoms with Gasteiger partial charge in [-0.05, 0) is 37.1 Å². The zero-order chi connectivity index (χ0) is 16.3. The molecule has 1 aliphatic carbocycles. The lowest BCUT2D eigenvalue weighted by Gasteiger charge is -2.40. The van der Waals surface area contributed by atoms with E-state index in [9.17, 15) is 9.90 Å². The standard InChI is InChI=1S/C17H20N2O4/c1-22-13-5-3-12(4-6-13)15-9-14(19-23-15)16(21)18-10-17(11-20)7-2-8-17/h3-6,9,20H,2,7-8,10-11H2,1H3,(H,18,21). The van der Waals surface area contributed by atoms with E-state index in [1.807, 2.05) is 24.3 Å². The van der Waals surface area contributed by atoms with E-state index in [1.165, 1.54) is 0 Å². The first-order valence-corrected chi connectivity index (χ1v) is 7.66. The number of aliphatic hydroxyl groups excluding tert-OH is 1. The number of amides is 1. The molecule has 6 nitrogen and oxygen atoms in total. The van der Waals surface area contributed by atoms with Crippen molar-refractivity contribution in [1.29, 1.82) is 0 Å². The van der Waals surface area contributed by atoms with Gasteiger partial charge in [0.2, 0.25) is 0 Å². The van der Waals surface area contributed by atoms with E-state index in [2.05, 4.69) is 10.5 Å². The van der Waals surface area contributed by atoms with E-state index in [-0.39, 0.29) is 23.6 Å². The van der Waals surface area contributed by atoms with Crippen molar-refractivity contribution < 1.29 is 19.2 Å². The molecule has 1 aromatic carbocycles. The van der Waals surface area contributed by atoms with Gasteiger partial charge in [0.15, 0.2) is 11.5 Å². The summed E-state index contributed by atoms with van der Waals surface area (Å²) in [6, 6.07) is 8.94. The zero-order valence-electron chi connectivity index (χ0n) is 13.0. The van der Waals surface area contributed by atoms with E-state index in [4.69, 9.17) is 9.26 Å². The van der Waals surface area contributed by atoms with Crippen LogP contribution in [0, 0.1) is 5.41 Å². The maximum Gasteiger partial charge on any atom is 0.273 e. The van der Waals surface area contributed by atoms with E-state index in [0.29, 0.717) is 12.3 Å². The van der Waals surface area contributed by atoms with Crippen molar-refractivity contribution in [1.82, 2.24) is 10.5 Å². The number of aromatic nitrogens is 1. The number of hydrogen-bond acceptors (Lipinski definition) is 5. The Balaban J connectivity index is 1.64. The summed E-state index contributed by atoms with van der Waals surface area (Å²) >= 11 is 0. The number of carbonyl (C=O) groups excluding carboxylic acids is 1. The third-order valence-electron chi connectivity index (χ3n) is 4.49. The summed E-state index contributed by atoms with van der Waals surface area (Å²) in [6.45, 7) is 0.566. The topological polar surface area (TPSA) is 84.6 Å². The minimum absolute atomic E-state index is 0.100. The van der Waals surface area contributed by atoms with E-state index in [1.54, 1.807) is 13.2 Å². The van der Waals surface area contributed by atoms with Crippen LogP contribution in [0.25, 0.3) is 11.3 Å². The molecule has 2 aromatic rings. The molecular weight excluding hydrogens is 296 g/mol. The van der Waals surface area contributed by atoms with E-state index < -0.39 is 0 Å². The van der Waals surface area contributed by atoms with Crippen LogP contribution in [0.1, 0.15) is 29.8 Å². The molecule has 1 aromatic heterocycles. The van der Waals surface area contributed by atoms with Crippen LogP contribution < -0.4 is 10.1 Å². The van der Waals surface area contributed by atoms with E-state index in [0.717, 1.165) is 30.6 Å². The molecule has 1 aliphatic rings. The summed E-state index contributed by atoms with van der Waals surface area (Å²) in [5.74, 6) is 0.993. The third-order valence-corrected chi connectivity index (χ3v) is 4.49. The Hall–Kier alpha value is -2.34. The Morgan fingerprint density at radius 1 is 1.39 bits per heavy atom. The first kappa shape index (κ1) is 15.6. The van der Waals surface area contributed by atoms with Crippen molar-refractivity contribution in [3.8, 4) is 17.1 Å². The molecule has 0 spiro atoms. The highest BCUT2D eigenvalue weighted by Crippen LogP contribution is 2.39. The summed E-state index contributed by atoms with van der Waals surface area (Å²) < 4.78 is 10.4. The van der Waals surface area contributed by atoms with Gasteiger partial charge < -0.3 is 19.7 Å². The highest BCUT2D eigenvalue weighted by molar-refractivity contribution is 5.93. The van der Waals surface area contributed by atoms with Gasteiger partial charge in [-0.3, -0.25) is 4.79 Å². The fourth-order valence-corrected chi connectivity index (χ4v) is 2.70. The van der Waals surface area contributed by atoms with Gasteiger partial charge in [-0.2, -0.15) is 0 Å². The van der Waals surface area contributed by atoms with Crippen LogP contribution >= 0.6 is 0 Å². The molecule has 0 radical (unpaired) electrons. The molecule has 1 fully saturated rings. The maximum absolute atomic E-state index is 12.2. The fraction of sp³-hybridized carbons (Fsp3) is 0.412. The second-order valence-corrected chi connectivity index (χ2v) is 6.00. The first-order valence-electron chi connectivity index (χ1n) is 7.66. The summed E-state index contributed by atoms with van der Waals surface area (Å²) in [5.41, 5.74) is 0.907. The highest BCUT2D eigenvalue weighted by atomic mass is 16.5. The number of nitrogens with one attached hydrogen (secondary N) is 1. The molecular formula is C17H20N2O4. The normalized spacial score (nSPS) is 15.7. The van der Waals surface area contributed by atoms with Crippen LogP contribution in [-0.4, -0.2) is 36.4 Å². The lowest BCUT2D eigenvalue weighted by molar-refractivity contribution is 0.0427. The van der Waals surface area contributed by atoms with Gasteiger partial charge in [-0.1, -0.05) is 11.6 Å². The van der Waals surface area contributed by atoms with Crippen LogP contribution in [0.4, 0.5) is 0 Å². The van der Waals surface area contributed by atoms with Gasteiger partial charge >= 0.3 is 0 Å². The molecule has 0 saturated heterocycles. The number of nitrogens with zero attached hydrogens (tertiary/aromatic N) is 1. The Kier molecular flexibility index (Phi) is 4.34. The van der Waals surface area contributed by atoms with Crippen LogP contribution in [-0.2, 0) is 0 Å². The summed E-state index contributed by atoms with van der Waals surface area (Å²) in [7, 11) is 1.60. The molecule has 1 heterocycles. The minimum Gasteiger partial charge on any atom is -0.497 e. The smallest absolute Gasteiger partial charge is 0.273 e. The van der Waals surface area contributed by atoms with Crippen molar-refractivity contribution >= 4 is 5.91 Å². The Bertz CT molecular complexity index is 669. The van der Waals surface area contributed by atoms with Crippen molar-refractivity contribution in [3.63, 3.8) is 0 Å². The first-order chi connectivity index (χ1) is 11.2. The van der Waals surface area contributed by atoms with Crippen LogP contribution in [0.5, 0.6) is 5.75 Å². The number of methoxy groups -OCH3 is 1. The Labute approximate surface area is 134 Å². The molecule has 122 valence electrons. The minimum atomic E-state index is -0.284. The molecule has 1 amide bonds. The molecule has 0 bridgehead atoms. The van der Waals surface area contributed by atoms with E-state index >= 15 is 0 Å². The van der Waals surface area contributed by atoms with Crippen LogP contribution in [0.3, 0.4) is 0 Å². The van der Waals surface area contributed by atoms with Gasteiger partial charge in [-0.25, -0.2) is 0 Å². The largest absolute Gasteiger partial charge is 0.497 e. The SMILES string of the molecule is COc1ccc(-c2cc(C(=O)NCC3(CO)CCC3)no2)cc1. The number of benzene rings is 1. The highest BCUT2D eigenvalue weighted by Gasteiger charge is 2.36. The zero-order valence-corrected chi connectivity index (χ0v) is 13.0. The molecule has 0 unspecified atom stereocenters. The fourth-order valence-electron chi connectivity index (χ4n) is 2.70. The van der Waals surface area contributed by atoms with Crippen molar-refractivity contribution in [2.24, 2.45) is 5.41 Å². The van der Waals surface area contributed by atoms with Gasteiger partial charge in [0.05, 0.1) is 13.7 Å². The lowest BCUT2D eigenvalue weighted by Crippen LogP contribution is -2.44. The number of rotatable bonds is 6. The number of carbonyl (C=O) groups is 1. The Morgan fingerprint density at radius 3 is 2.70 bits per heavy atom. The summed E-state index contributed by atoms with van der Waals surface area (Å²) in [5, 5.41) is 16.1. The van der Waals surface area contributed by atoms with Crippen molar-refractivity contribution in [2.75, 3.05) is 20.3 Å². The molecule has 1 saturated carbocycles. The van der Waals surface area contributed by atoms with Crippen LogP contribution in [0.2, 0.25) is 0 Å². The molecule has 6 heteroatoms. The second-order valence-electron chi connectivity index (χ2n) is 6.00. The van der Waals surface area contributed by atoms with Crippen LogP contribution in [0.15, 0.2) is 34.9 Å². The van der Waals surface area contributed by atoms with Crippen molar-refractivity contribution in [3.05, 3.63) is 36.0 Å². The average Bonchev–Trinajstić information content (AvgIpc) is 3.04. The average molecular weight is 316 g/mol. The lowest BCUT2D eigenvalue weighted by atomic mass is 9.69. The molecule has 0 atom stereocenters. The van der Waals surface area contributed by atoms with Gasteiger partial charge in [0.25, 0.3) is 5.91 Å². The third kappa shape index (κ3) is 3.22. The maximum atomic E-state index is 12.2. The van der Waals surface area contributed by atoms with Gasteiger partial charge in [-0.15, -0.1) is 0 Å². The van der Waals surface area contributed by atoms with Gasteiger partial charge in [0, 0.05) is 23.6 Å². The molecule has 2 N–H and O–H groups in total. The monoisotopic (exact) mass is 316 g/mol.